The lowest BCUT2D eigenvalue weighted by Crippen LogP contribution is -2.40. The van der Waals surface area contributed by atoms with Crippen LogP contribution in [0.25, 0.3) is 0 Å². The third kappa shape index (κ3) is 2.94. The van der Waals surface area contributed by atoms with Gasteiger partial charge in [-0.25, -0.2) is 0 Å². The molecule has 1 aliphatic rings. The molecule has 0 saturated carbocycles. The van der Waals surface area contributed by atoms with E-state index in [0.717, 1.165) is 19.6 Å². The summed E-state index contributed by atoms with van der Waals surface area (Å²) in [5.41, 5.74) is 2.54. The molecule has 1 heterocycles. The third-order valence-electron chi connectivity index (χ3n) is 2.81. The number of benzene rings is 1. The van der Waals surface area contributed by atoms with Gasteiger partial charge < -0.3 is 4.74 Å². The van der Waals surface area contributed by atoms with E-state index in [9.17, 15) is 0 Å². The van der Waals surface area contributed by atoms with E-state index >= 15 is 0 Å². The largest absolute Gasteiger partial charge is 0.359 e. The van der Waals surface area contributed by atoms with Crippen molar-refractivity contribution in [3.05, 3.63) is 35.4 Å². The molecule has 1 N–H and O–H groups in total. The lowest BCUT2D eigenvalue weighted by atomic mass is 10.00. The summed E-state index contributed by atoms with van der Waals surface area (Å²) in [5, 5.41) is 3.39. The minimum Gasteiger partial charge on any atom is -0.359 e. The van der Waals surface area contributed by atoms with Gasteiger partial charge in [0.1, 0.15) is 5.72 Å². The molecule has 2 nitrogen and oxygen atoms in total. The number of hydrogen-bond acceptors (Lipinski definition) is 2. The molecule has 1 atom stereocenters. The van der Waals surface area contributed by atoms with E-state index in [1.54, 1.807) is 0 Å². The van der Waals surface area contributed by atoms with Crippen molar-refractivity contribution >= 4 is 12.4 Å². The summed E-state index contributed by atoms with van der Waals surface area (Å²) >= 11 is 0. The van der Waals surface area contributed by atoms with Gasteiger partial charge >= 0.3 is 0 Å². The first-order chi connectivity index (χ1) is 6.70. The van der Waals surface area contributed by atoms with Crippen molar-refractivity contribution in [2.24, 2.45) is 0 Å². The Balaban J connectivity index is 0.00000112. The molecule has 3 heteroatoms. The molecule has 1 aromatic rings. The minimum absolute atomic E-state index is 0. The fourth-order valence-corrected chi connectivity index (χ4v) is 1.93. The number of nitrogens with one attached hydrogen (secondary N) is 1. The van der Waals surface area contributed by atoms with Crippen LogP contribution in [0.5, 0.6) is 0 Å². The average Bonchev–Trinajstić information content (AvgIpc) is 2.57. The Morgan fingerprint density at radius 1 is 1.40 bits per heavy atom. The number of halogens is 1. The van der Waals surface area contributed by atoms with Gasteiger partial charge in [0.05, 0.1) is 6.61 Å². The van der Waals surface area contributed by atoms with Crippen LogP contribution in [0, 0.1) is 6.92 Å². The molecule has 1 fully saturated rings. The number of ether oxygens (including phenoxy) is 1. The van der Waals surface area contributed by atoms with Gasteiger partial charge in [-0.05, 0) is 25.0 Å². The Kier molecular flexibility index (Phi) is 4.14. The number of aryl methyl sites for hydroxylation is 1. The van der Waals surface area contributed by atoms with Gasteiger partial charge in [-0.15, -0.1) is 12.4 Å². The third-order valence-corrected chi connectivity index (χ3v) is 2.81. The first-order valence-corrected chi connectivity index (χ1v) is 5.13. The van der Waals surface area contributed by atoms with Gasteiger partial charge in [-0.1, -0.05) is 24.3 Å². The summed E-state index contributed by atoms with van der Waals surface area (Å²) in [6.45, 7) is 6.05. The second-order valence-electron chi connectivity index (χ2n) is 4.11. The first-order valence-electron chi connectivity index (χ1n) is 5.13. The van der Waals surface area contributed by atoms with Crippen molar-refractivity contribution in [3.63, 3.8) is 0 Å². The number of hydrogen-bond donors (Lipinski definition) is 1. The van der Waals surface area contributed by atoms with E-state index in [-0.39, 0.29) is 18.1 Å². The quantitative estimate of drug-likeness (QED) is 0.837. The molecule has 0 amide bonds. The Bertz CT molecular complexity index is 321. The summed E-state index contributed by atoms with van der Waals surface area (Å²) in [7, 11) is 0. The molecular weight excluding hydrogens is 210 g/mol. The van der Waals surface area contributed by atoms with E-state index in [4.69, 9.17) is 4.74 Å². The molecule has 84 valence electrons. The molecule has 0 aliphatic carbocycles. The molecule has 1 aromatic carbocycles. The highest BCUT2D eigenvalue weighted by Gasteiger charge is 2.29. The molecule has 2 rings (SSSR count). The summed E-state index contributed by atoms with van der Waals surface area (Å²) in [4.78, 5) is 0. The zero-order valence-electron chi connectivity index (χ0n) is 9.25. The van der Waals surface area contributed by atoms with Gasteiger partial charge in [0.15, 0.2) is 0 Å². The van der Waals surface area contributed by atoms with Crippen LogP contribution in [0.2, 0.25) is 0 Å². The smallest absolute Gasteiger partial charge is 0.120 e. The van der Waals surface area contributed by atoms with Gasteiger partial charge in [-0.3, -0.25) is 5.32 Å². The topological polar surface area (TPSA) is 21.3 Å². The molecule has 0 aromatic heterocycles. The normalized spacial score (nSPS) is 24.9. The monoisotopic (exact) mass is 227 g/mol. The molecule has 0 spiro atoms. The van der Waals surface area contributed by atoms with E-state index in [2.05, 4.69) is 43.4 Å². The van der Waals surface area contributed by atoms with Crippen molar-refractivity contribution in [2.75, 3.05) is 13.2 Å². The second kappa shape index (κ2) is 4.97. The lowest BCUT2D eigenvalue weighted by Gasteiger charge is -2.24. The van der Waals surface area contributed by atoms with Crippen molar-refractivity contribution in [1.29, 1.82) is 0 Å². The standard InChI is InChI=1S/C12H17NO.ClH/c1-10-5-3-4-6-11(10)9-12(2)13-7-8-14-12;/h3-6,13H,7-9H2,1-2H3;1H. The summed E-state index contributed by atoms with van der Waals surface area (Å²) in [6.07, 6.45) is 0.944. The summed E-state index contributed by atoms with van der Waals surface area (Å²) in [6, 6.07) is 8.47. The predicted molar refractivity (Wildman–Crippen MR) is 64.5 cm³/mol. The minimum atomic E-state index is -0.161. The fraction of sp³-hybridized carbons (Fsp3) is 0.500. The Hall–Kier alpha value is -0.570. The van der Waals surface area contributed by atoms with Crippen LogP contribution >= 0.6 is 12.4 Å². The lowest BCUT2D eigenvalue weighted by molar-refractivity contribution is 0.00690. The van der Waals surface area contributed by atoms with Crippen LogP contribution in [-0.4, -0.2) is 18.9 Å². The fourth-order valence-electron chi connectivity index (χ4n) is 1.93. The van der Waals surface area contributed by atoms with Crippen LogP contribution in [0.15, 0.2) is 24.3 Å². The maximum Gasteiger partial charge on any atom is 0.120 e. The van der Waals surface area contributed by atoms with E-state index in [1.807, 2.05) is 0 Å². The average molecular weight is 228 g/mol. The highest BCUT2D eigenvalue weighted by atomic mass is 35.5. The van der Waals surface area contributed by atoms with Crippen molar-refractivity contribution in [2.45, 2.75) is 26.0 Å². The zero-order chi connectivity index (χ0) is 10.0. The van der Waals surface area contributed by atoms with Gasteiger partial charge in [0, 0.05) is 13.0 Å². The number of rotatable bonds is 2. The Morgan fingerprint density at radius 3 is 2.73 bits per heavy atom. The van der Waals surface area contributed by atoms with Crippen molar-refractivity contribution in [1.82, 2.24) is 5.32 Å². The van der Waals surface area contributed by atoms with Crippen LogP contribution in [-0.2, 0) is 11.2 Å². The van der Waals surface area contributed by atoms with E-state index < -0.39 is 0 Å². The maximum atomic E-state index is 5.69. The molecule has 15 heavy (non-hydrogen) atoms. The van der Waals surface area contributed by atoms with Crippen LogP contribution in [0.3, 0.4) is 0 Å². The first kappa shape index (κ1) is 12.5. The predicted octanol–water partition coefficient (Wildman–Crippen LogP) is 2.30. The van der Waals surface area contributed by atoms with Crippen LogP contribution in [0.1, 0.15) is 18.1 Å². The van der Waals surface area contributed by atoms with Gasteiger partial charge in [0.25, 0.3) is 0 Å². The zero-order valence-corrected chi connectivity index (χ0v) is 10.1. The van der Waals surface area contributed by atoms with Gasteiger partial charge in [0.2, 0.25) is 0 Å². The summed E-state index contributed by atoms with van der Waals surface area (Å²) in [5.74, 6) is 0. The Labute approximate surface area is 97.4 Å². The van der Waals surface area contributed by atoms with Crippen LogP contribution < -0.4 is 5.32 Å². The molecular formula is C12H18ClNO. The summed E-state index contributed by atoms with van der Waals surface area (Å²) < 4.78 is 5.69. The molecule has 1 aliphatic heterocycles. The maximum absolute atomic E-state index is 5.69. The molecule has 1 unspecified atom stereocenters. The van der Waals surface area contributed by atoms with E-state index in [0.29, 0.717) is 0 Å². The van der Waals surface area contributed by atoms with E-state index in [1.165, 1.54) is 11.1 Å². The molecule has 0 bridgehead atoms. The van der Waals surface area contributed by atoms with Crippen LogP contribution in [0.4, 0.5) is 0 Å². The van der Waals surface area contributed by atoms with Gasteiger partial charge in [-0.2, -0.15) is 0 Å². The highest BCUT2D eigenvalue weighted by molar-refractivity contribution is 5.85. The highest BCUT2D eigenvalue weighted by Crippen LogP contribution is 2.20. The molecule has 0 radical (unpaired) electrons. The SMILES string of the molecule is Cc1ccccc1CC1(C)NCCO1.Cl. The molecule has 1 saturated heterocycles. The van der Waals surface area contributed by atoms with Crippen molar-refractivity contribution in [3.8, 4) is 0 Å². The Morgan fingerprint density at radius 2 is 2.13 bits per heavy atom. The second-order valence-corrected chi connectivity index (χ2v) is 4.11. The van der Waals surface area contributed by atoms with Crippen molar-refractivity contribution < 1.29 is 4.74 Å².